The number of carboxylic acid groups (broad SMARTS) is 3. The van der Waals surface area contributed by atoms with Gasteiger partial charge in [0.1, 0.15) is 44.9 Å². The van der Waals surface area contributed by atoms with Gasteiger partial charge in [0, 0.05) is 17.2 Å². The summed E-state index contributed by atoms with van der Waals surface area (Å²) in [6, 6.07) is 6.33. The van der Waals surface area contributed by atoms with Gasteiger partial charge in [-0.3, -0.25) is 24.0 Å². The van der Waals surface area contributed by atoms with Gasteiger partial charge in [-0.25, -0.2) is 24.0 Å². The molecule has 95 heavy (non-hydrogen) atoms. The van der Waals surface area contributed by atoms with E-state index in [1.807, 2.05) is 55.4 Å². The lowest BCUT2D eigenvalue weighted by Gasteiger charge is -2.26. The van der Waals surface area contributed by atoms with Crippen LogP contribution in [0.3, 0.4) is 0 Å². The highest BCUT2D eigenvalue weighted by Crippen LogP contribution is 2.50. The Morgan fingerprint density at radius 2 is 1.18 bits per heavy atom. The van der Waals surface area contributed by atoms with Crippen LogP contribution in [-0.2, 0) is 81.0 Å². The highest BCUT2D eigenvalue weighted by atomic mass is 16.6. The van der Waals surface area contributed by atoms with Crippen molar-refractivity contribution in [3.63, 3.8) is 0 Å². The Morgan fingerprint density at radius 1 is 0.621 bits per heavy atom. The molecule has 10 atom stereocenters. The normalized spacial score (nSPS) is 16.5. The molecule has 0 radical (unpaired) electrons. The average Bonchev–Trinajstić information content (AvgIpc) is 1.64. The molecule has 25 heteroatoms. The Labute approximate surface area is 563 Å². The second-order valence-corrected chi connectivity index (χ2v) is 23.8. The molecule has 0 aliphatic heterocycles. The number of hydrogen-bond donors (Lipinski definition) is 5. The minimum Gasteiger partial charge on any atom is -0.491 e. The van der Waals surface area contributed by atoms with Crippen LogP contribution in [0.4, 0.5) is 4.79 Å². The first kappa shape index (κ1) is 91.8. The number of amides is 1. The fourth-order valence-corrected chi connectivity index (χ4v) is 7.45. The van der Waals surface area contributed by atoms with Crippen LogP contribution in [0.25, 0.3) is 0 Å². The van der Waals surface area contributed by atoms with Crippen molar-refractivity contribution in [3.8, 4) is 5.75 Å². The molecule has 0 aromatic heterocycles. The van der Waals surface area contributed by atoms with Crippen LogP contribution in [0.2, 0.25) is 0 Å². The zero-order valence-corrected chi connectivity index (χ0v) is 59.3. The Balaban J connectivity index is -0.00000109. The van der Waals surface area contributed by atoms with Gasteiger partial charge in [-0.05, 0) is 148 Å². The molecule has 1 aromatic rings. The molecule has 0 saturated heterocycles. The van der Waals surface area contributed by atoms with E-state index < -0.39 is 47.5 Å². The lowest BCUT2D eigenvalue weighted by molar-refractivity contribution is -0.158. The van der Waals surface area contributed by atoms with Crippen molar-refractivity contribution in [1.82, 2.24) is 5.32 Å². The third-order valence-corrected chi connectivity index (χ3v) is 15.1. The predicted molar refractivity (Wildman–Crippen MR) is 356 cm³/mol. The summed E-state index contributed by atoms with van der Waals surface area (Å²) in [5.74, 6) is -3.30. The third-order valence-electron chi connectivity index (χ3n) is 15.1. The number of rotatable bonds is 38. The van der Waals surface area contributed by atoms with Gasteiger partial charge in [-0.15, -0.1) is 0 Å². The largest absolute Gasteiger partial charge is 0.491 e. The molecule has 2 aliphatic rings. The average molecular weight is 1350 g/mol. The van der Waals surface area contributed by atoms with Crippen LogP contribution in [0.1, 0.15) is 191 Å². The van der Waals surface area contributed by atoms with Crippen molar-refractivity contribution in [2.75, 3.05) is 66.0 Å². The summed E-state index contributed by atoms with van der Waals surface area (Å²) in [5, 5.41) is 38.0. The lowest BCUT2D eigenvalue weighted by atomic mass is 9.87. The number of aliphatic hydroxyl groups is 1. The van der Waals surface area contributed by atoms with Gasteiger partial charge in [0.15, 0.2) is 0 Å². The summed E-state index contributed by atoms with van der Waals surface area (Å²) < 4.78 is 50.6. The van der Waals surface area contributed by atoms with Crippen LogP contribution in [0.5, 0.6) is 5.75 Å². The Morgan fingerprint density at radius 3 is 1.66 bits per heavy atom. The van der Waals surface area contributed by atoms with Crippen LogP contribution >= 0.6 is 0 Å². The van der Waals surface area contributed by atoms with E-state index in [9.17, 15) is 53.1 Å². The number of carbonyl (C=O) groups is 10. The van der Waals surface area contributed by atoms with E-state index in [-0.39, 0.29) is 123 Å². The maximum Gasteiger partial charge on any atom is 0.407 e. The Hall–Kier alpha value is -7.38. The standard InChI is InChI=1S/C15H26O5.C13H21NO6.C13H20O4.C13H18O4.C9H16O2.C7H14O3/c1-6-15(4,5)14(18)20-10-12(16)8-7-9-19-13(17)11(2)3;1-4-10(3)12(16)19-8-9-20-13(17)14-6-7-18-11(15)5-2;1-3-7(2)13(16)17-11-6-8-4-9(11)5-10(8)12(14)15;1-3-10(2)16-8-9-17-12-6-4-11(5-7-12)13(14)15;1-5-8(4)6-11-9(10)7(2)3;1-3-6(2)10-5-4-7(8)9/h12,16H,2,6-10H2,1,3-5H3;5,10H,2,4,6-9H2,1,3H3,(H,14,17);7-11H,3-6H2,1-2H3,(H,14,15);4-7,10H,3,8-9H2,1-2H3,(H,14,15);8H,2,5-6H2,1,3-4H3;6H,3-5H2,1-2H3,(H,8,9). The molecule has 2 bridgehead atoms. The van der Waals surface area contributed by atoms with Gasteiger partial charge in [0.05, 0.1) is 86.4 Å². The first-order valence-electron chi connectivity index (χ1n) is 32.8. The number of ether oxygens (including phenoxy) is 10. The molecule has 0 heterocycles. The molecule has 0 spiro atoms. The first-order chi connectivity index (χ1) is 44.6. The van der Waals surface area contributed by atoms with E-state index in [1.54, 1.807) is 46.8 Å². The smallest absolute Gasteiger partial charge is 0.407 e. The van der Waals surface area contributed by atoms with Crippen molar-refractivity contribution in [2.24, 2.45) is 40.9 Å². The Kier molecular flexibility index (Phi) is 52.0. The van der Waals surface area contributed by atoms with Crippen molar-refractivity contribution in [1.29, 1.82) is 0 Å². The van der Waals surface area contributed by atoms with Gasteiger partial charge >= 0.3 is 59.8 Å². The van der Waals surface area contributed by atoms with E-state index in [0.29, 0.717) is 81.3 Å². The van der Waals surface area contributed by atoms with Gasteiger partial charge in [0.2, 0.25) is 0 Å². The SMILES string of the molecule is C=C(C)C(=O)OCC(C)CC.C=C(C)C(=O)OCCCC(O)COC(=O)C(C)(C)CC.C=CC(=O)OCCNC(=O)OCCOC(=O)C(C)CC.CCC(C)C(=O)OC1CC2CC1CC2C(=O)O.CCC(C)OCCC(=O)O.CCC(C)OCCOc1ccc(C(=O)O)cc1. The summed E-state index contributed by atoms with van der Waals surface area (Å²) in [6.45, 7) is 40.7. The monoisotopic (exact) mass is 1350 g/mol. The molecule has 2 fully saturated rings. The zero-order valence-electron chi connectivity index (χ0n) is 59.3. The van der Waals surface area contributed by atoms with E-state index >= 15 is 0 Å². The van der Waals surface area contributed by atoms with Crippen molar-refractivity contribution in [2.45, 2.75) is 205 Å². The van der Waals surface area contributed by atoms with Crippen LogP contribution < -0.4 is 10.1 Å². The topological polar surface area (TPSA) is 356 Å². The number of aliphatic carboxylic acids is 2. The maximum atomic E-state index is 11.7. The highest BCUT2D eigenvalue weighted by molar-refractivity contribution is 5.88. The van der Waals surface area contributed by atoms with Crippen LogP contribution in [0, 0.1) is 40.9 Å². The molecule has 25 nitrogen and oxygen atoms in total. The molecule has 3 rings (SSSR count). The lowest BCUT2D eigenvalue weighted by Crippen LogP contribution is -2.31. The number of carbonyl (C=O) groups excluding carboxylic acids is 7. The summed E-state index contributed by atoms with van der Waals surface area (Å²) >= 11 is 0. The van der Waals surface area contributed by atoms with E-state index in [1.165, 1.54) is 12.1 Å². The quantitative estimate of drug-likeness (QED) is 0.0178. The number of fused-ring (bicyclic) bond motifs is 2. The minimum atomic E-state index is -0.934. The molecule has 1 aromatic carbocycles. The second kappa shape index (κ2) is 53.8. The Bertz CT molecular complexity index is 2440. The summed E-state index contributed by atoms with van der Waals surface area (Å²) in [4.78, 5) is 110. The molecular formula is C70H115NO24. The zero-order chi connectivity index (χ0) is 73.2. The van der Waals surface area contributed by atoms with Crippen molar-refractivity contribution < 1.29 is 116 Å². The number of carboxylic acids is 3. The van der Waals surface area contributed by atoms with Crippen molar-refractivity contribution in [3.05, 3.63) is 66.8 Å². The molecule has 544 valence electrons. The van der Waals surface area contributed by atoms with Crippen molar-refractivity contribution >= 4 is 59.8 Å². The molecule has 1 amide bonds. The van der Waals surface area contributed by atoms with Crippen LogP contribution in [0.15, 0.2) is 61.2 Å². The second-order valence-electron chi connectivity index (χ2n) is 23.8. The van der Waals surface area contributed by atoms with Gasteiger partial charge in [-0.1, -0.05) is 88.5 Å². The number of benzene rings is 1. The fraction of sp³-hybridized carbons (Fsp3) is 0.686. The number of alkyl carbamates (subject to hydrolysis) is 1. The molecular weight excluding hydrogens is 1240 g/mol. The van der Waals surface area contributed by atoms with E-state index in [4.69, 9.17) is 58.0 Å². The molecule has 2 aliphatic carbocycles. The number of hydrogen-bond acceptors (Lipinski definition) is 21. The first-order valence-corrected chi connectivity index (χ1v) is 32.8. The maximum absolute atomic E-state index is 11.7. The minimum absolute atomic E-state index is 0.0159. The van der Waals surface area contributed by atoms with Gasteiger partial charge in [0.25, 0.3) is 0 Å². The summed E-state index contributed by atoms with van der Waals surface area (Å²) in [5.41, 5.74) is 0.541. The molecule has 10 unspecified atom stereocenters. The predicted octanol–water partition coefficient (Wildman–Crippen LogP) is 11.3. The fourth-order valence-electron chi connectivity index (χ4n) is 7.45. The van der Waals surface area contributed by atoms with Crippen LogP contribution in [-0.4, -0.2) is 171 Å². The van der Waals surface area contributed by atoms with Gasteiger partial charge in [-0.2, -0.15) is 0 Å². The van der Waals surface area contributed by atoms with Gasteiger partial charge < -0.3 is 73.1 Å². The molecule has 5 N–H and O–H groups in total. The summed E-state index contributed by atoms with van der Waals surface area (Å²) in [7, 11) is 0. The number of aromatic carboxylic acids is 1. The number of aliphatic hydroxyl groups excluding tert-OH is 1. The molecule has 2 saturated carbocycles. The van der Waals surface area contributed by atoms with E-state index in [0.717, 1.165) is 44.6 Å². The highest BCUT2D eigenvalue weighted by Gasteiger charge is 2.50. The number of nitrogens with one attached hydrogen (secondary N) is 1. The number of esters is 6. The third kappa shape index (κ3) is 46.4. The summed E-state index contributed by atoms with van der Waals surface area (Å²) in [6.07, 6.45) is 8.47. The van der Waals surface area contributed by atoms with E-state index in [2.05, 4.69) is 43.6 Å².